The zero-order valence-electron chi connectivity index (χ0n) is 16.2. The summed E-state index contributed by atoms with van der Waals surface area (Å²) in [7, 11) is 3.36. The second-order valence-electron chi connectivity index (χ2n) is 6.47. The fourth-order valence-corrected chi connectivity index (χ4v) is 2.49. The normalized spacial score (nSPS) is 14.4. The lowest BCUT2D eigenvalue weighted by atomic mass is 10.2. The summed E-state index contributed by atoms with van der Waals surface area (Å²) >= 11 is 0. The number of nitrogens with one attached hydrogen (secondary N) is 1. The summed E-state index contributed by atoms with van der Waals surface area (Å²) in [6.45, 7) is 2.35. The van der Waals surface area contributed by atoms with E-state index in [0.29, 0.717) is 13.2 Å². The third-order valence-electron chi connectivity index (χ3n) is 4.17. The Morgan fingerprint density at radius 2 is 2.11 bits per heavy atom. The second-order valence-corrected chi connectivity index (χ2v) is 6.47. The molecule has 2 rings (SSSR count). The Balaban J connectivity index is 1.95. The first-order valence-corrected chi connectivity index (χ1v) is 9.22. The van der Waals surface area contributed by atoms with Gasteiger partial charge in [-0.2, -0.15) is 8.78 Å². The van der Waals surface area contributed by atoms with Gasteiger partial charge in [-0.3, -0.25) is 0 Å². The molecule has 0 saturated heterocycles. The molecule has 0 unspecified atom stereocenters. The number of rotatable bonds is 11. The number of ether oxygens (including phenoxy) is 3. The zero-order valence-corrected chi connectivity index (χ0v) is 16.2. The summed E-state index contributed by atoms with van der Waals surface area (Å²) < 4.78 is 40.4. The first-order chi connectivity index (χ1) is 13.0. The van der Waals surface area contributed by atoms with Crippen molar-refractivity contribution in [3.63, 3.8) is 0 Å². The average molecular weight is 385 g/mol. The fraction of sp³-hybridized carbons (Fsp3) is 0.632. The van der Waals surface area contributed by atoms with Crippen molar-refractivity contribution in [3.8, 4) is 11.5 Å². The number of nitrogens with zero attached hydrogens (tertiary/aromatic N) is 2. The van der Waals surface area contributed by atoms with Crippen LogP contribution in [-0.4, -0.2) is 57.9 Å². The highest BCUT2D eigenvalue weighted by Gasteiger charge is 2.21. The van der Waals surface area contributed by atoms with Gasteiger partial charge in [-0.05, 0) is 43.4 Å². The highest BCUT2D eigenvalue weighted by Crippen LogP contribution is 2.30. The molecule has 27 heavy (non-hydrogen) atoms. The van der Waals surface area contributed by atoms with Gasteiger partial charge in [0.05, 0.1) is 20.3 Å². The summed E-state index contributed by atoms with van der Waals surface area (Å²) in [6, 6.07) is 4.91. The molecule has 0 aromatic heterocycles. The van der Waals surface area contributed by atoms with Crippen LogP contribution in [0.1, 0.15) is 25.3 Å². The van der Waals surface area contributed by atoms with E-state index < -0.39 is 6.61 Å². The number of aliphatic imine (C=N–C) groups is 1. The Bertz CT molecular complexity index is 610. The highest BCUT2D eigenvalue weighted by atomic mass is 19.3. The van der Waals surface area contributed by atoms with E-state index in [1.54, 1.807) is 12.1 Å². The monoisotopic (exact) mass is 385 g/mol. The molecule has 1 N–H and O–H groups in total. The summed E-state index contributed by atoms with van der Waals surface area (Å²) in [5.74, 6) is 1.75. The van der Waals surface area contributed by atoms with Crippen LogP contribution in [-0.2, 0) is 11.3 Å². The Morgan fingerprint density at radius 1 is 1.33 bits per heavy atom. The van der Waals surface area contributed by atoms with E-state index in [-0.39, 0.29) is 11.5 Å². The molecule has 0 heterocycles. The predicted molar refractivity (Wildman–Crippen MR) is 101 cm³/mol. The van der Waals surface area contributed by atoms with Gasteiger partial charge in [0, 0.05) is 26.7 Å². The zero-order chi connectivity index (χ0) is 19.6. The minimum atomic E-state index is -2.91. The first kappa shape index (κ1) is 21.2. The molecule has 8 heteroatoms. The highest BCUT2D eigenvalue weighted by molar-refractivity contribution is 5.79. The molecule has 0 aliphatic heterocycles. The summed E-state index contributed by atoms with van der Waals surface area (Å²) in [4.78, 5) is 6.57. The Morgan fingerprint density at radius 3 is 2.74 bits per heavy atom. The van der Waals surface area contributed by atoms with Crippen molar-refractivity contribution in [2.24, 2.45) is 10.9 Å². The van der Waals surface area contributed by atoms with Crippen LogP contribution in [0.25, 0.3) is 0 Å². The van der Waals surface area contributed by atoms with E-state index in [2.05, 4.69) is 15.0 Å². The molecule has 1 fully saturated rings. The molecule has 1 aromatic carbocycles. The predicted octanol–water partition coefficient (Wildman–Crippen LogP) is 3.12. The van der Waals surface area contributed by atoms with Crippen molar-refractivity contribution in [3.05, 3.63) is 23.8 Å². The maximum atomic E-state index is 12.6. The van der Waals surface area contributed by atoms with Crippen molar-refractivity contribution < 1.29 is 23.0 Å². The molecule has 0 spiro atoms. The lowest BCUT2D eigenvalue weighted by Crippen LogP contribution is -2.40. The molecule has 0 bridgehead atoms. The summed E-state index contributed by atoms with van der Waals surface area (Å²) in [5, 5.41) is 3.23. The van der Waals surface area contributed by atoms with Crippen molar-refractivity contribution >= 4 is 5.96 Å². The molecule has 6 nitrogen and oxygen atoms in total. The first-order valence-electron chi connectivity index (χ1n) is 9.22. The van der Waals surface area contributed by atoms with Gasteiger partial charge in [-0.25, -0.2) is 4.99 Å². The molecular formula is C19H29F2N3O3. The summed E-state index contributed by atoms with van der Waals surface area (Å²) in [6.07, 6.45) is 2.55. The Hall–Kier alpha value is -2.09. The maximum absolute atomic E-state index is 12.6. The molecule has 0 amide bonds. The van der Waals surface area contributed by atoms with E-state index in [1.165, 1.54) is 26.0 Å². The number of halogens is 2. The topological polar surface area (TPSA) is 55.3 Å². The lowest BCUT2D eigenvalue weighted by molar-refractivity contribution is -0.0512. The van der Waals surface area contributed by atoms with Crippen LogP contribution in [0.15, 0.2) is 23.2 Å². The number of benzene rings is 1. The molecule has 152 valence electrons. The van der Waals surface area contributed by atoms with E-state index in [0.717, 1.165) is 37.1 Å². The van der Waals surface area contributed by atoms with Crippen LogP contribution in [0.5, 0.6) is 11.5 Å². The van der Waals surface area contributed by atoms with Crippen LogP contribution >= 0.6 is 0 Å². The number of likely N-dealkylation sites (N-methyl/N-ethyl adjacent to an activating group) is 1. The smallest absolute Gasteiger partial charge is 0.387 e. The third-order valence-corrected chi connectivity index (χ3v) is 4.17. The Kier molecular flexibility index (Phi) is 8.57. The van der Waals surface area contributed by atoms with Crippen LogP contribution in [0.3, 0.4) is 0 Å². The van der Waals surface area contributed by atoms with Gasteiger partial charge in [0.15, 0.2) is 17.5 Å². The van der Waals surface area contributed by atoms with Crippen molar-refractivity contribution in [2.75, 3.05) is 40.5 Å². The number of hydrogen-bond acceptors (Lipinski definition) is 4. The standard InChI is InChI=1S/C19H29F2N3O3/c1-4-22-19(24(2)9-10-26-13-14-5-6-14)23-12-15-7-8-16(25-3)17(11-15)27-18(20)21/h7-8,11,14,18H,4-6,9-10,12-13H2,1-3H3,(H,22,23). The summed E-state index contributed by atoms with van der Waals surface area (Å²) in [5.41, 5.74) is 0.750. The number of methoxy groups -OCH3 is 1. The maximum Gasteiger partial charge on any atom is 0.387 e. The minimum absolute atomic E-state index is 0.00651. The van der Waals surface area contributed by atoms with Gasteiger partial charge in [0.2, 0.25) is 0 Å². The lowest BCUT2D eigenvalue weighted by Gasteiger charge is -2.22. The van der Waals surface area contributed by atoms with Crippen LogP contribution in [0.2, 0.25) is 0 Å². The van der Waals surface area contributed by atoms with Crippen molar-refractivity contribution in [1.29, 1.82) is 0 Å². The molecular weight excluding hydrogens is 356 g/mol. The minimum Gasteiger partial charge on any atom is -0.493 e. The van der Waals surface area contributed by atoms with Gasteiger partial charge < -0.3 is 24.4 Å². The quantitative estimate of drug-likeness (QED) is 0.360. The van der Waals surface area contributed by atoms with Gasteiger partial charge in [-0.1, -0.05) is 6.07 Å². The SMILES string of the molecule is CCNC(=NCc1ccc(OC)c(OC(F)F)c1)N(C)CCOCC1CC1. The van der Waals surface area contributed by atoms with E-state index in [1.807, 2.05) is 18.9 Å². The molecule has 1 aliphatic carbocycles. The van der Waals surface area contributed by atoms with E-state index in [9.17, 15) is 8.78 Å². The van der Waals surface area contributed by atoms with Crippen LogP contribution < -0.4 is 14.8 Å². The molecule has 1 aliphatic rings. The van der Waals surface area contributed by atoms with Crippen molar-refractivity contribution in [2.45, 2.75) is 32.9 Å². The molecule has 1 aromatic rings. The number of hydrogen-bond donors (Lipinski definition) is 1. The Labute approximate surface area is 159 Å². The van der Waals surface area contributed by atoms with Gasteiger partial charge in [-0.15, -0.1) is 0 Å². The second kappa shape index (κ2) is 10.9. The van der Waals surface area contributed by atoms with E-state index in [4.69, 9.17) is 9.47 Å². The number of alkyl halides is 2. The van der Waals surface area contributed by atoms with Gasteiger partial charge in [0.1, 0.15) is 0 Å². The molecule has 0 radical (unpaired) electrons. The van der Waals surface area contributed by atoms with Gasteiger partial charge in [0.25, 0.3) is 0 Å². The largest absolute Gasteiger partial charge is 0.493 e. The number of guanidine groups is 1. The fourth-order valence-electron chi connectivity index (χ4n) is 2.49. The molecule has 1 saturated carbocycles. The van der Waals surface area contributed by atoms with Gasteiger partial charge >= 0.3 is 6.61 Å². The van der Waals surface area contributed by atoms with Crippen molar-refractivity contribution in [1.82, 2.24) is 10.2 Å². The van der Waals surface area contributed by atoms with E-state index >= 15 is 0 Å². The third kappa shape index (κ3) is 7.58. The van der Waals surface area contributed by atoms with Crippen LogP contribution in [0.4, 0.5) is 8.78 Å². The average Bonchev–Trinajstić information content (AvgIpc) is 3.46. The molecule has 0 atom stereocenters. The van der Waals surface area contributed by atoms with Crippen LogP contribution in [0, 0.1) is 5.92 Å².